The van der Waals surface area contributed by atoms with Crippen molar-refractivity contribution in [2.24, 2.45) is 5.84 Å². The van der Waals surface area contributed by atoms with Gasteiger partial charge in [0.1, 0.15) is 0 Å². The number of carboxylic acid groups (broad SMARTS) is 2. The Labute approximate surface area is 101 Å². The summed E-state index contributed by atoms with van der Waals surface area (Å²) in [4.78, 5) is 31.3. The molecule has 1 atom stereocenters. The van der Waals surface area contributed by atoms with E-state index in [9.17, 15) is 19.5 Å². The van der Waals surface area contributed by atoms with Crippen LogP contribution in [0.15, 0.2) is 0 Å². The fraction of sp³-hybridized carbons (Fsp3) is 0.500. The Hall–Kier alpha value is -0.904. The number of carbonyl (C=O) groups is 3. The molecular weight excluding hydrogens is 220 g/mol. The highest BCUT2D eigenvalue weighted by Crippen LogP contribution is 2.15. The Morgan fingerprint density at radius 1 is 1.20 bits per heavy atom. The first-order valence-corrected chi connectivity index (χ1v) is 3.49. The molecule has 1 unspecified atom stereocenters. The lowest BCUT2D eigenvalue weighted by atomic mass is 9.95. The third kappa shape index (κ3) is 5.52. The number of hydrogen-bond acceptors (Lipinski definition) is 5. The average molecular weight is 232 g/mol. The Morgan fingerprint density at radius 2 is 1.67 bits per heavy atom. The predicted molar refractivity (Wildman–Crippen MR) is 50.3 cm³/mol. The molecule has 0 radical (unpaired) electrons. The van der Waals surface area contributed by atoms with Crippen LogP contribution >= 0.6 is 0 Å². The number of nitrogens with one attached hydrogen (secondary N) is 1. The molecule has 0 heterocycles. The predicted octanol–water partition coefficient (Wildman–Crippen LogP) is -3.26. The van der Waals surface area contributed by atoms with Crippen LogP contribution in [0.5, 0.6) is 0 Å². The van der Waals surface area contributed by atoms with Gasteiger partial charge in [0.25, 0.3) is 0 Å². The summed E-state index contributed by atoms with van der Waals surface area (Å²) in [6.45, 7) is 0. The molecule has 0 aromatic rings. The van der Waals surface area contributed by atoms with Gasteiger partial charge >= 0.3 is 35.0 Å². The summed E-state index contributed by atoms with van der Waals surface area (Å²) in [5.74, 6) is 0.381. The van der Waals surface area contributed by atoms with Gasteiger partial charge in [-0.2, -0.15) is 0 Å². The SMILES string of the molecule is NNC(=O)CC(O)(CC(=O)O)C(=O)O.[MgH2]. The summed E-state index contributed by atoms with van der Waals surface area (Å²) in [6.07, 6.45) is -1.99. The first-order valence-electron chi connectivity index (χ1n) is 3.49. The molecule has 0 fully saturated rings. The molecule has 0 aromatic heterocycles. The van der Waals surface area contributed by atoms with Crippen molar-refractivity contribution >= 4 is 40.9 Å². The largest absolute Gasteiger partial charge is 0.481 e. The highest BCUT2D eigenvalue weighted by Gasteiger charge is 2.40. The number of amides is 1. The zero-order valence-electron chi connectivity index (χ0n) is 7.06. The summed E-state index contributed by atoms with van der Waals surface area (Å²) in [5, 5.41) is 26.1. The highest BCUT2D eigenvalue weighted by atomic mass is 24.3. The summed E-state index contributed by atoms with van der Waals surface area (Å²) >= 11 is 0. The fourth-order valence-electron chi connectivity index (χ4n) is 0.781. The molecule has 1 amide bonds. The first kappa shape index (κ1) is 16.5. The molecule has 0 saturated heterocycles. The van der Waals surface area contributed by atoms with E-state index in [0.717, 1.165) is 0 Å². The minimum absolute atomic E-state index is 0. The van der Waals surface area contributed by atoms with Gasteiger partial charge in [0, 0.05) is 0 Å². The van der Waals surface area contributed by atoms with Crippen molar-refractivity contribution < 1.29 is 29.7 Å². The van der Waals surface area contributed by atoms with Crippen LogP contribution in [-0.2, 0) is 14.4 Å². The zero-order valence-corrected chi connectivity index (χ0v) is 7.06. The van der Waals surface area contributed by atoms with Gasteiger partial charge in [-0.3, -0.25) is 15.0 Å². The lowest BCUT2D eigenvalue weighted by molar-refractivity contribution is -0.167. The van der Waals surface area contributed by atoms with Gasteiger partial charge in [-0.05, 0) is 0 Å². The van der Waals surface area contributed by atoms with E-state index in [1.54, 1.807) is 5.43 Å². The van der Waals surface area contributed by atoms with Crippen molar-refractivity contribution in [3.8, 4) is 0 Å². The topological polar surface area (TPSA) is 150 Å². The second-order valence-electron chi connectivity index (χ2n) is 2.65. The average Bonchev–Trinajstić information content (AvgIpc) is 2.02. The van der Waals surface area contributed by atoms with Gasteiger partial charge in [-0.25, -0.2) is 10.6 Å². The maximum Gasteiger partial charge on any atom is 0.336 e. The van der Waals surface area contributed by atoms with Crippen LogP contribution in [-0.4, -0.2) is 61.8 Å². The van der Waals surface area contributed by atoms with Crippen LogP contribution in [0.1, 0.15) is 12.8 Å². The van der Waals surface area contributed by atoms with Crippen molar-refractivity contribution in [2.45, 2.75) is 18.4 Å². The van der Waals surface area contributed by atoms with E-state index in [0.29, 0.717) is 0 Å². The third-order valence-electron chi connectivity index (χ3n) is 1.46. The molecule has 0 aliphatic rings. The number of hydrogen-bond donors (Lipinski definition) is 5. The van der Waals surface area contributed by atoms with Gasteiger partial charge in [-0.1, -0.05) is 0 Å². The molecule has 0 aliphatic heterocycles. The Bertz CT molecular complexity index is 270. The maximum absolute atomic E-state index is 10.7. The van der Waals surface area contributed by atoms with Crippen LogP contribution < -0.4 is 11.3 Å². The Balaban J connectivity index is 0. The molecule has 6 N–H and O–H groups in total. The fourth-order valence-corrected chi connectivity index (χ4v) is 0.781. The van der Waals surface area contributed by atoms with Crippen molar-refractivity contribution in [3.63, 3.8) is 0 Å². The molecule has 0 saturated carbocycles. The number of aliphatic hydroxyl groups is 1. The summed E-state index contributed by atoms with van der Waals surface area (Å²) in [7, 11) is 0. The van der Waals surface area contributed by atoms with Crippen LogP contribution in [0.25, 0.3) is 0 Å². The van der Waals surface area contributed by atoms with Crippen molar-refractivity contribution in [1.82, 2.24) is 5.43 Å². The molecular formula is C6H12MgN2O6. The van der Waals surface area contributed by atoms with Gasteiger partial charge in [0.15, 0.2) is 5.60 Å². The molecule has 0 aromatic carbocycles. The van der Waals surface area contributed by atoms with Crippen molar-refractivity contribution in [1.29, 1.82) is 0 Å². The van der Waals surface area contributed by atoms with E-state index in [1.807, 2.05) is 0 Å². The lowest BCUT2D eigenvalue weighted by Crippen LogP contribution is -2.46. The Kier molecular flexibility index (Phi) is 7.22. The molecule has 15 heavy (non-hydrogen) atoms. The number of nitrogens with two attached hydrogens (primary N) is 1. The zero-order chi connectivity index (χ0) is 11.4. The van der Waals surface area contributed by atoms with E-state index in [4.69, 9.17) is 10.2 Å². The van der Waals surface area contributed by atoms with Crippen LogP contribution in [0.2, 0.25) is 0 Å². The quantitative estimate of drug-likeness (QED) is 0.144. The van der Waals surface area contributed by atoms with E-state index in [1.165, 1.54) is 0 Å². The number of aliphatic carboxylic acids is 2. The van der Waals surface area contributed by atoms with E-state index < -0.39 is 36.3 Å². The van der Waals surface area contributed by atoms with Crippen LogP contribution in [0, 0.1) is 0 Å². The molecule has 0 bridgehead atoms. The van der Waals surface area contributed by atoms with Crippen LogP contribution in [0.3, 0.4) is 0 Å². The monoisotopic (exact) mass is 232 g/mol. The summed E-state index contributed by atoms with van der Waals surface area (Å²) < 4.78 is 0. The second kappa shape index (κ2) is 6.56. The van der Waals surface area contributed by atoms with E-state index >= 15 is 0 Å². The van der Waals surface area contributed by atoms with Gasteiger partial charge in [0.2, 0.25) is 5.91 Å². The molecule has 84 valence electrons. The number of hydrazine groups is 1. The van der Waals surface area contributed by atoms with Gasteiger partial charge < -0.3 is 15.3 Å². The molecule has 9 heteroatoms. The maximum atomic E-state index is 10.7. The number of rotatable bonds is 5. The minimum atomic E-state index is -2.63. The normalized spacial score (nSPS) is 13.2. The smallest absolute Gasteiger partial charge is 0.336 e. The van der Waals surface area contributed by atoms with E-state index in [-0.39, 0.29) is 23.1 Å². The van der Waals surface area contributed by atoms with Crippen molar-refractivity contribution in [3.05, 3.63) is 0 Å². The summed E-state index contributed by atoms with van der Waals surface area (Å²) in [5.41, 5.74) is -1.04. The lowest BCUT2D eigenvalue weighted by Gasteiger charge is -2.19. The molecule has 0 aliphatic carbocycles. The summed E-state index contributed by atoms with van der Waals surface area (Å²) in [6, 6.07) is 0. The number of carbonyl (C=O) groups excluding carboxylic acids is 1. The highest BCUT2D eigenvalue weighted by molar-refractivity contribution is 5.89. The minimum Gasteiger partial charge on any atom is -0.481 e. The van der Waals surface area contributed by atoms with Crippen molar-refractivity contribution in [2.75, 3.05) is 0 Å². The van der Waals surface area contributed by atoms with E-state index in [2.05, 4.69) is 5.84 Å². The number of carboxylic acids is 2. The third-order valence-corrected chi connectivity index (χ3v) is 1.46. The van der Waals surface area contributed by atoms with Gasteiger partial charge in [0.05, 0.1) is 12.8 Å². The van der Waals surface area contributed by atoms with Gasteiger partial charge in [-0.15, -0.1) is 0 Å². The standard InChI is InChI=1S/C6H10N2O6.Mg.2H/c7-8-3(9)1-6(14,5(12)13)2-4(10)11;;;/h14H,1-2,7H2,(H,8,9)(H,10,11)(H,12,13);;;. The molecule has 8 nitrogen and oxygen atoms in total. The Morgan fingerprint density at radius 3 is 1.93 bits per heavy atom. The molecule has 0 spiro atoms. The van der Waals surface area contributed by atoms with Crippen LogP contribution in [0.4, 0.5) is 0 Å². The molecule has 0 rings (SSSR count). The second-order valence-corrected chi connectivity index (χ2v) is 2.65. The first-order chi connectivity index (χ1) is 6.31.